The molecule has 1 aromatic carbocycles. The van der Waals surface area contributed by atoms with Gasteiger partial charge >= 0.3 is 6.09 Å². The Morgan fingerprint density at radius 3 is 2.90 bits per heavy atom. The number of ether oxygens (including phenoxy) is 1. The van der Waals surface area contributed by atoms with Crippen molar-refractivity contribution in [2.75, 3.05) is 20.1 Å². The number of carbonyl (C=O) groups is 1. The van der Waals surface area contributed by atoms with Crippen molar-refractivity contribution in [1.29, 1.82) is 0 Å². The molecule has 2 atom stereocenters. The highest BCUT2D eigenvalue weighted by Crippen LogP contribution is 2.32. The molecule has 0 aromatic heterocycles. The molecule has 0 fully saturated rings. The summed E-state index contributed by atoms with van der Waals surface area (Å²) in [7, 11) is 1.78. The molecule has 4 nitrogen and oxygen atoms in total. The second kappa shape index (κ2) is 6.95. The summed E-state index contributed by atoms with van der Waals surface area (Å²) in [4.78, 5) is 12.3. The number of hydrogen-bond acceptors (Lipinski definition) is 3. The number of rotatable bonds is 3. The quantitative estimate of drug-likeness (QED) is 0.690. The van der Waals surface area contributed by atoms with E-state index in [1.165, 1.54) is 5.56 Å². The zero-order valence-electron chi connectivity index (χ0n) is 12.5. The number of carbonyl (C=O) groups excluding carboxylic acids is 1. The number of quaternary nitrogens is 1. The molecule has 21 heavy (non-hydrogen) atoms. The lowest BCUT2D eigenvalue weighted by Crippen LogP contribution is -2.51. The van der Waals surface area contributed by atoms with Crippen molar-refractivity contribution in [2.24, 2.45) is 5.73 Å². The molecule has 0 saturated heterocycles. The van der Waals surface area contributed by atoms with Gasteiger partial charge in [0.2, 0.25) is 0 Å². The van der Waals surface area contributed by atoms with Crippen molar-refractivity contribution in [1.82, 2.24) is 0 Å². The summed E-state index contributed by atoms with van der Waals surface area (Å²) < 4.78 is 5.55. The summed E-state index contributed by atoms with van der Waals surface area (Å²) in [6.07, 6.45) is 6.93. The summed E-state index contributed by atoms with van der Waals surface area (Å²) in [5, 5.41) is 0. The third kappa shape index (κ3) is 3.56. The summed E-state index contributed by atoms with van der Waals surface area (Å²) in [6.45, 7) is 2.82. The van der Waals surface area contributed by atoms with Crippen LogP contribution in [0.1, 0.15) is 30.5 Å². The number of benzene rings is 1. The molecule has 0 bridgehead atoms. The average Bonchev–Trinajstić information content (AvgIpc) is 2.80. The van der Waals surface area contributed by atoms with Crippen LogP contribution in [-0.4, -0.2) is 30.7 Å². The van der Waals surface area contributed by atoms with Crippen LogP contribution in [0.25, 0.3) is 0 Å². The first kappa shape index (κ1) is 17.5. The predicted octanol–water partition coefficient (Wildman–Crippen LogP) is 2.65. The first-order valence-electron chi connectivity index (χ1n) is 6.89. The Bertz CT molecular complexity index is 568. The molecule has 1 aromatic rings. The molecular formula is C16H22ClN2O2+. The van der Waals surface area contributed by atoms with Crippen molar-refractivity contribution in [3.8, 4) is 18.1 Å². The maximum atomic E-state index is 12.3. The van der Waals surface area contributed by atoms with Crippen molar-refractivity contribution in [3.05, 3.63) is 29.3 Å². The second-order valence-electron chi connectivity index (χ2n) is 5.45. The molecule has 0 spiro atoms. The summed E-state index contributed by atoms with van der Waals surface area (Å²) >= 11 is 0. The molecule has 0 saturated carbocycles. The molecule has 0 radical (unpaired) electrons. The number of fused-ring (bicyclic) bond motifs is 1. The number of nitrogens with two attached hydrogens (primary N) is 1. The van der Waals surface area contributed by atoms with E-state index in [-0.39, 0.29) is 29.0 Å². The maximum absolute atomic E-state index is 12.3. The van der Waals surface area contributed by atoms with Crippen molar-refractivity contribution >= 4 is 18.5 Å². The van der Waals surface area contributed by atoms with E-state index < -0.39 is 0 Å². The smallest absolute Gasteiger partial charge is 0.381 e. The van der Waals surface area contributed by atoms with Crippen LogP contribution < -0.4 is 10.5 Å². The van der Waals surface area contributed by atoms with Gasteiger partial charge in [0.15, 0.2) is 0 Å². The predicted molar refractivity (Wildman–Crippen MR) is 85.4 cm³/mol. The van der Waals surface area contributed by atoms with Gasteiger partial charge in [-0.25, -0.2) is 4.48 Å². The monoisotopic (exact) mass is 309 g/mol. The van der Waals surface area contributed by atoms with Gasteiger partial charge in [0.1, 0.15) is 12.3 Å². The van der Waals surface area contributed by atoms with Crippen LogP contribution in [0, 0.1) is 12.3 Å². The fraction of sp³-hybridized carbons (Fsp3) is 0.438. The summed E-state index contributed by atoms with van der Waals surface area (Å²) in [5.74, 6) is 3.07. The average molecular weight is 310 g/mol. The molecule has 2 N–H and O–H groups in total. The highest BCUT2D eigenvalue weighted by Gasteiger charge is 2.32. The lowest BCUT2D eigenvalue weighted by atomic mass is 10.1. The minimum Gasteiger partial charge on any atom is -0.381 e. The van der Waals surface area contributed by atoms with E-state index >= 15 is 0 Å². The Labute approximate surface area is 132 Å². The number of terminal acetylenes is 1. The minimum atomic E-state index is -0.336. The van der Waals surface area contributed by atoms with Crippen LogP contribution in [0.15, 0.2) is 18.2 Å². The Kier molecular flexibility index (Phi) is 5.79. The zero-order valence-corrected chi connectivity index (χ0v) is 13.3. The minimum absolute atomic E-state index is 0. The maximum Gasteiger partial charge on any atom is 0.522 e. The Morgan fingerprint density at radius 2 is 2.29 bits per heavy atom. The molecule has 2 rings (SSSR count). The first-order chi connectivity index (χ1) is 9.50. The first-order valence-corrected chi connectivity index (χ1v) is 6.89. The third-order valence-electron chi connectivity index (χ3n) is 4.03. The fourth-order valence-electron chi connectivity index (χ4n) is 2.39. The number of amides is 1. The molecule has 1 aliphatic rings. The molecule has 114 valence electrons. The standard InChI is InChI=1S/C16H21N2O2.ClH/c1-4-10-18(3,5-2)16(19)20-13-8-6-12-7-9-15(17)14(12)11-13;/h1,6,8,11,15H,5,7,9-10,17H2,2-3H3;1H/q+1;. The van der Waals surface area contributed by atoms with Gasteiger partial charge in [0.05, 0.1) is 13.6 Å². The molecule has 1 amide bonds. The van der Waals surface area contributed by atoms with E-state index in [9.17, 15) is 4.79 Å². The molecule has 0 heterocycles. The normalized spacial score (nSPS) is 18.9. The highest BCUT2D eigenvalue weighted by molar-refractivity contribution is 5.85. The third-order valence-corrected chi connectivity index (χ3v) is 4.03. The summed E-state index contributed by atoms with van der Waals surface area (Å²) in [5.41, 5.74) is 8.36. The lowest BCUT2D eigenvalue weighted by molar-refractivity contribution is -0.826. The zero-order chi connectivity index (χ0) is 14.8. The molecule has 1 aliphatic carbocycles. The number of nitrogens with zero attached hydrogens (tertiary/aromatic N) is 1. The molecule has 2 unspecified atom stereocenters. The van der Waals surface area contributed by atoms with E-state index in [0.717, 1.165) is 18.4 Å². The van der Waals surface area contributed by atoms with Crippen LogP contribution in [0.3, 0.4) is 0 Å². The van der Waals surface area contributed by atoms with E-state index in [2.05, 4.69) is 5.92 Å². The Morgan fingerprint density at radius 1 is 1.57 bits per heavy atom. The fourth-order valence-corrected chi connectivity index (χ4v) is 2.39. The molecular weight excluding hydrogens is 288 g/mol. The Hall–Kier alpha value is -1.54. The van der Waals surface area contributed by atoms with Crippen LogP contribution in [-0.2, 0) is 6.42 Å². The van der Waals surface area contributed by atoms with Crippen LogP contribution in [0.2, 0.25) is 0 Å². The van der Waals surface area contributed by atoms with E-state index in [4.69, 9.17) is 16.9 Å². The SMILES string of the molecule is C#CC[N+](C)(CC)C(=O)Oc1ccc2c(c1)C(N)CC2.Cl. The highest BCUT2D eigenvalue weighted by atomic mass is 35.5. The number of halogens is 1. The van der Waals surface area contributed by atoms with E-state index in [1.807, 2.05) is 25.1 Å². The van der Waals surface area contributed by atoms with Gasteiger partial charge in [0, 0.05) is 6.04 Å². The van der Waals surface area contributed by atoms with Gasteiger partial charge in [0.25, 0.3) is 0 Å². The van der Waals surface area contributed by atoms with Crippen molar-refractivity contribution < 1.29 is 14.0 Å². The van der Waals surface area contributed by atoms with Crippen LogP contribution in [0.4, 0.5) is 4.79 Å². The van der Waals surface area contributed by atoms with Gasteiger partial charge in [-0.05, 0) is 48.9 Å². The second-order valence-corrected chi connectivity index (χ2v) is 5.45. The van der Waals surface area contributed by atoms with Crippen molar-refractivity contribution in [2.45, 2.75) is 25.8 Å². The lowest BCUT2D eigenvalue weighted by Gasteiger charge is -2.26. The van der Waals surface area contributed by atoms with Gasteiger partial charge < -0.3 is 10.5 Å². The topological polar surface area (TPSA) is 52.3 Å². The molecule has 0 aliphatic heterocycles. The van der Waals surface area contributed by atoms with Gasteiger partial charge in [-0.2, -0.15) is 4.79 Å². The number of aryl methyl sites for hydroxylation is 1. The summed E-state index contributed by atoms with van der Waals surface area (Å²) in [6, 6.07) is 5.73. The van der Waals surface area contributed by atoms with Gasteiger partial charge in [-0.15, -0.1) is 18.8 Å². The Balaban J connectivity index is 0.00000220. The van der Waals surface area contributed by atoms with Crippen LogP contribution in [0.5, 0.6) is 5.75 Å². The molecule has 5 heteroatoms. The largest absolute Gasteiger partial charge is 0.522 e. The van der Waals surface area contributed by atoms with E-state index in [0.29, 0.717) is 18.8 Å². The van der Waals surface area contributed by atoms with E-state index in [1.54, 1.807) is 7.05 Å². The number of hydrogen-bond donors (Lipinski definition) is 1. The van der Waals surface area contributed by atoms with Crippen LogP contribution >= 0.6 is 12.4 Å². The van der Waals surface area contributed by atoms with Gasteiger partial charge in [-0.3, -0.25) is 0 Å². The van der Waals surface area contributed by atoms with Gasteiger partial charge in [-0.1, -0.05) is 6.07 Å². The van der Waals surface area contributed by atoms with Crippen molar-refractivity contribution in [3.63, 3.8) is 0 Å².